The lowest BCUT2D eigenvalue weighted by Gasteiger charge is -2.22. The van der Waals surface area contributed by atoms with Gasteiger partial charge in [-0.2, -0.15) is 0 Å². The molecule has 0 N–H and O–H groups in total. The number of non-ortho nitro benzene ring substituents is 1. The van der Waals surface area contributed by atoms with Crippen LogP contribution in [0, 0.1) is 10.1 Å². The molecule has 0 aromatic heterocycles. The van der Waals surface area contributed by atoms with Crippen LogP contribution in [0.15, 0.2) is 54.6 Å². The number of nitrogens with zero attached hydrogens (tertiary/aromatic N) is 2. The standard InChI is InChI=1S/C20H18N2O7/c23-18(14-8-10-15(11-9-14)22(26)27)13-28-19(24)17-7-4-12-21(17)20(25)29-16-5-2-1-3-6-16/h1-3,5-6,8-11,17H,4,7,12-13H2. The number of carbonyl (C=O) groups is 3. The van der Waals surface area contributed by atoms with E-state index in [1.807, 2.05) is 0 Å². The van der Waals surface area contributed by atoms with Gasteiger partial charge in [-0.05, 0) is 37.1 Å². The predicted octanol–water partition coefficient (Wildman–Crippen LogP) is 2.98. The molecule has 1 aliphatic rings. The summed E-state index contributed by atoms with van der Waals surface area (Å²) < 4.78 is 10.3. The zero-order valence-corrected chi connectivity index (χ0v) is 15.4. The van der Waals surface area contributed by atoms with Gasteiger partial charge < -0.3 is 9.47 Å². The quantitative estimate of drug-likeness (QED) is 0.318. The van der Waals surface area contributed by atoms with E-state index in [1.54, 1.807) is 30.3 Å². The maximum absolute atomic E-state index is 12.4. The molecule has 9 heteroatoms. The number of hydrogen-bond acceptors (Lipinski definition) is 7. The molecule has 1 amide bonds. The summed E-state index contributed by atoms with van der Waals surface area (Å²) in [6.07, 6.45) is 0.367. The average molecular weight is 398 g/mol. The van der Waals surface area contributed by atoms with E-state index >= 15 is 0 Å². The van der Waals surface area contributed by atoms with Gasteiger partial charge in [0.15, 0.2) is 12.4 Å². The fourth-order valence-corrected chi connectivity index (χ4v) is 2.96. The number of nitro groups is 1. The highest BCUT2D eigenvalue weighted by Crippen LogP contribution is 2.21. The number of para-hydroxylation sites is 1. The summed E-state index contributed by atoms with van der Waals surface area (Å²) in [6, 6.07) is 12.7. The molecule has 0 radical (unpaired) electrons. The van der Waals surface area contributed by atoms with Crippen molar-refractivity contribution in [2.45, 2.75) is 18.9 Å². The van der Waals surface area contributed by atoms with E-state index in [0.29, 0.717) is 25.1 Å². The van der Waals surface area contributed by atoms with Crippen LogP contribution in [0.25, 0.3) is 0 Å². The number of amides is 1. The SMILES string of the molecule is O=C(COC(=O)C1CCCN1C(=O)Oc1ccccc1)c1ccc([N+](=O)[O-])cc1. The van der Waals surface area contributed by atoms with Crippen molar-refractivity contribution in [3.63, 3.8) is 0 Å². The number of rotatable bonds is 6. The molecule has 2 aromatic rings. The minimum Gasteiger partial charge on any atom is -0.456 e. The van der Waals surface area contributed by atoms with Crippen LogP contribution in [0.3, 0.4) is 0 Å². The Balaban J connectivity index is 1.55. The lowest BCUT2D eigenvalue weighted by Crippen LogP contribution is -2.43. The molecule has 2 aromatic carbocycles. The number of Topliss-reactive ketones (excluding diaryl/α,β-unsaturated/α-hetero) is 1. The summed E-state index contributed by atoms with van der Waals surface area (Å²) in [5.74, 6) is -0.822. The monoisotopic (exact) mass is 398 g/mol. The number of hydrogen-bond donors (Lipinski definition) is 0. The van der Waals surface area contributed by atoms with E-state index in [4.69, 9.17) is 9.47 Å². The van der Waals surface area contributed by atoms with E-state index in [2.05, 4.69) is 0 Å². The van der Waals surface area contributed by atoms with Gasteiger partial charge in [0.05, 0.1) is 4.92 Å². The summed E-state index contributed by atoms with van der Waals surface area (Å²) in [5, 5.41) is 10.7. The molecule has 1 unspecified atom stereocenters. The summed E-state index contributed by atoms with van der Waals surface area (Å²) >= 11 is 0. The molecular formula is C20H18N2O7. The van der Waals surface area contributed by atoms with Crippen molar-refractivity contribution >= 4 is 23.5 Å². The van der Waals surface area contributed by atoms with Crippen LogP contribution in [-0.2, 0) is 9.53 Å². The number of ketones is 1. The first-order valence-electron chi connectivity index (χ1n) is 8.93. The molecule has 1 saturated heterocycles. The largest absolute Gasteiger partial charge is 0.456 e. The Morgan fingerprint density at radius 3 is 2.41 bits per heavy atom. The molecule has 0 saturated carbocycles. The second-order valence-electron chi connectivity index (χ2n) is 6.37. The van der Waals surface area contributed by atoms with Gasteiger partial charge in [-0.25, -0.2) is 9.59 Å². The average Bonchev–Trinajstić information content (AvgIpc) is 3.23. The highest BCUT2D eigenvalue weighted by atomic mass is 16.6. The fourth-order valence-electron chi connectivity index (χ4n) is 2.96. The van der Waals surface area contributed by atoms with Crippen LogP contribution in [0.1, 0.15) is 23.2 Å². The summed E-state index contributed by atoms with van der Waals surface area (Å²) in [4.78, 5) is 48.2. The van der Waals surface area contributed by atoms with E-state index in [0.717, 1.165) is 0 Å². The summed E-state index contributed by atoms with van der Waals surface area (Å²) in [6.45, 7) is -0.170. The number of nitro benzene ring substituents is 1. The topological polar surface area (TPSA) is 116 Å². The van der Waals surface area contributed by atoms with Gasteiger partial charge in [0.1, 0.15) is 11.8 Å². The summed E-state index contributed by atoms with van der Waals surface area (Å²) in [5.41, 5.74) is 0.0484. The molecule has 1 fully saturated rings. The van der Waals surface area contributed by atoms with Crippen molar-refractivity contribution in [3.05, 3.63) is 70.3 Å². The summed E-state index contributed by atoms with van der Waals surface area (Å²) in [7, 11) is 0. The van der Waals surface area contributed by atoms with Crippen LogP contribution in [0.5, 0.6) is 5.75 Å². The lowest BCUT2D eigenvalue weighted by atomic mass is 10.1. The second-order valence-corrected chi connectivity index (χ2v) is 6.37. The number of esters is 1. The maximum atomic E-state index is 12.4. The zero-order chi connectivity index (χ0) is 20.8. The van der Waals surface area contributed by atoms with Crippen molar-refractivity contribution in [2.24, 2.45) is 0 Å². The van der Waals surface area contributed by atoms with Crippen molar-refractivity contribution in [2.75, 3.05) is 13.2 Å². The Morgan fingerprint density at radius 1 is 1.07 bits per heavy atom. The Kier molecular flexibility index (Phi) is 6.18. The number of ether oxygens (including phenoxy) is 2. The van der Waals surface area contributed by atoms with E-state index in [-0.39, 0.29) is 11.3 Å². The van der Waals surface area contributed by atoms with Crippen molar-refractivity contribution in [3.8, 4) is 5.75 Å². The van der Waals surface area contributed by atoms with Crippen molar-refractivity contribution in [1.82, 2.24) is 4.90 Å². The van der Waals surface area contributed by atoms with Crippen molar-refractivity contribution in [1.29, 1.82) is 0 Å². The third-order valence-corrected chi connectivity index (χ3v) is 4.45. The Hall–Kier alpha value is -3.75. The van der Waals surface area contributed by atoms with E-state index in [9.17, 15) is 24.5 Å². The second kappa shape index (κ2) is 8.96. The molecule has 1 heterocycles. The zero-order valence-electron chi connectivity index (χ0n) is 15.4. The minimum absolute atomic E-state index is 0.142. The number of benzene rings is 2. The first-order valence-corrected chi connectivity index (χ1v) is 8.93. The van der Waals surface area contributed by atoms with Gasteiger partial charge in [0.25, 0.3) is 5.69 Å². The predicted molar refractivity (Wildman–Crippen MR) is 101 cm³/mol. The minimum atomic E-state index is -0.823. The van der Waals surface area contributed by atoms with Gasteiger partial charge in [-0.1, -0.05) is 18.2 Å². The molecule has 150 valence electrons. The normalized spacial score (nSPS) is 15.6. The van der Waals surface area contributed by atoms with Gasteiger partial charge >= 0.3 is 12.1 Å². The maximum Gasteiger partial charge on any atom is 0.415 e. The molecule has 9 nitrogen and oxygen atoms in total. The van der Waals surface area contributed by atoms with Crippen LogP contribution in [0.4, 0.5) is 10.5 Å². The number of likely N-dealkylation sites (tertiary alicyclic amines) is 1. The molecule has 1 atom stereocenters. The first kappa shape index (κ1) is 20.0. The molecule has 3 rings (SSSR count). The molecule has 0 aliphatic carbocycles. The van der Waals surface area contributed by atoms with Gasteiger partial charge in [-0.15, -0.1) is 0 Å². The van der Waals surface area contributed by atoms with E-state index < -0.39 is 35.4 Å². The van der Waals surface area contributed by atoms with Gasteiger partial charge in [0.2, 0.25) is 0 Å². The lowest BCUT2D eigenvalue weighted by molar-refractivity contribution is -0.384. The van der Waals surface area contributed by atoms with Crippen molar-refractivity contribution < 1.29 is 28.8 Å². The highest BCUT2D eigenvalue weighted by Gasteiger charge is 2.36. The van der Waals surface area contributed by atoms with Crippen LogP contribution in [-0.4, -0.2) is 46.9 Å². The van der Waals surface area contributed by atoms with Crippen LogP contribution >= 0.6 is 0 Å². The molecular weight excluding hydrogens is 380 g/mol. The Bertz CT molecular complexity index is 912. The third kappa shape index (κ3) is 4.95. The smallest absolute Gasteiger partial charge is 0.415 e. The molecule has 0 spiro atoms. The Labute approximate surface area is 166 Å². The molecule has 29 heavy (non-hydrogen) atoms. The highest BCUT2D eigenvalue weighted by molar-refractivity contribution is 5.98. The number of carbonyl (C=O) groups excluding carboxylic acids is 3. The molecule has 1 aliphatic heterocycles. The van der Waals surface area contributed by atoms with Gasteiger partial charge in [-0.3, -0.25) is 19.8 Å². The van der Waals surface area contributed by atoms with Crippen LogP contribution < -0.4 is 4.74 Å². The molecule has 0 bridgehead atoms. The van der Waals surface area contributed by atoms with Crippen LogP contribution in [0.2, 0.25) is 0 Å². The Morgan fingerprint density at radius 2 is 1.76 bits per heavy atom. The van der Waals surface area contributed by atoms with E-state index in [1.165, 1.54) is 29.2 Å². The first-order chi connectivity index (χ1) is 14.0. The third-order valence-electron chi connectivity index (χ3n) is 4.45. The fraction of sp³-hybridized carbons (Fsp3) is 0.250. The van der Waals surface area contributed by atoms with Gasteiger partial charge in [0, 0.05) is 24.2 Å².